The van der Waals surface area contributed by atoms with Gasteiger partial charge in [-0.1, -0.05) is 31.2 Å². The number of nitrogens with one attached hydrogen (secondary N) is 2. The van der Waals surface area contributed by atoms with Crippen LogP contribution in [0.2, 0.25) is 0 Å². The summed E-state index contributed by atoms with van der Waals surface area (Å²) in [5.74, 6) is -0.116. The molecule has 2 atom stereocenters. The minimum atomic E-state index is -0.116. The van der Waals surface area contributed by atoms with Crippen LogP contribution in [0.5, 0.6) is 0 Å². The van der Waals surface area contributed by atoms with Gasteiger partial charge in [0.25, 0.3) is 5.91 Å². The number of hydrogen-bond donors (Lipinski definition) is 2. The van der Waals surface area contributed by atoms with E-state index in [4.69, 9.17) is 0 Å². The summed E-state index contributed by atoms with van der Waals surface area (Å²) in [6.45, 7) is 4.69. The minimum absolute atomic E-state index is 0. The molecule has 2 N–H and O–H groups in total. The van der Waals surface area contributed by atoms with E-state index in [1.54, 1.807) is 0 Å². The standard InChI is InChI=1S/C21H31N5O.ClH/c1-4-16-7-9-17(10-8-16)20(25(2)3)15-23-21(27)19-11-13-26(24-19)18-6-5-12-22-14-18;/h7-11,13,18,20,22H,4-6,12,14-15H2,1-3H3,(H,23,27);1H. The number of carbonyl (C=O) groups is 1. The van der Waals surface area contributed by atoms with Crippen LogP contribution in [0.3, 0.4) is 0 Å². The number of rotatable bonds is 7. The lowest BCUT2D eigenvalue weighted by atomic mass is 10.0. The third-order valence-electron chi connectivity index (χ3n) is 5.34. The SMILES string of the molecule is CCc1ccc(C(CNC(=O)c2ccn(C3CCCNC3)n2)N(C)C)cc1.Cl. The summed E-state index contributed by atoms with van der Waals surface area (Å²) in [6, 6.07) is 10.9. The van der Waals surface area contributed by atoms with Crippen LogP contribution in [-0.2, 0) is 6.42 Å². The van der Waals surface area contributed by atoms with Crippen molar-refractivity contribution in [2.24, 2.45) is 0 Å². The molecule has 1 aliphatic heterocycles. The van der Waals surface area contributed by atoms with Crippen LogP contribution in [0.15, 0.2) is 36.5 Å². The van der Waals surface area contributed by atoms with Gasteiger partial charge in [0.05, 0.1) is 12.1 Å². The Bertz CT molecular complexity index is 738. The van der Waals surface area contributed by atoms with Crippen molar-refractivity contribution in [2.75, 3.05) is 33.7 Å². The number of hydrogen-bond acceptors (Lipinski definition) is 4. The Kier molecular flexibility index (Phi) is 8.48. The molecule has 0 radical (unpaired) electrons. The molecule has 6 nitrogen and oxygen atoms in total. The van der Waals surface area contributed by atoms with Gasteiger partial charge in [-0.05, 0) is 57.1 Å². The molecule has 7 heteroatoms. The van der Waals surface area contributed by atoms with E-state index < -0.39 is 0 Å². The van der Waals surface area contributed by atoms with Gasteiger partial charge in [0, 0.05) is 19.3 Å². The highest BCUT2D eigenvalue weighted by molar-refractivity contribution is 5.92. The predicted molar refractivity (Wildman–Crippen MR) is 115 cm³/mol. The average molecular weight is 406 g/mol. The van der Waals surface area contributed by atoms with Gasteiger partial charge in [-0.15, -0.1) is 12.4 Å². The van der Waals surface area contributed by atoms with Gasteiger partial charge in [-0.25, -0.2) is 0 Å². The van der Waals surface area contributed by atoms with Crippen LogP contribution in [0.25, 0.3) is 0 Å². The van der Waals surface area contributed by atoms with Crippen molar-refractivity contribution in [1.82, 2.24) is 25.3 Å². The molecule has 2 aromatic rings. The van der Waals surface area contributed by atoms with E-state index in [2.05, 4.69) is 51.8 Å². The third kappa shape index (κ3) is 5.56. The summed E-state index contributed by atoms with van der Waals surface area (Å²) < 4.78 is 1.92. The Hall–Kier alpha value is -1.89. The fraction of sp³-hybridized carbons (Fsp3) is 0.524. The molecule has 1 aromatic carbocycles. The fourth-order valence-electron chi connectivity index (χ4n) is 3.58. The molecule has 0 aliphatic carbocycles. The number of halogens is 1. The molecular weight excluding hydrogens is 374 g/mol. The van der Waals surface area contributed by atoms with Crippen molar-refractivity contribution in [3.8, 4) is 0 Å². The summed E-state index contributed by atoms with van der Waals surface area (Å²) in [6.07, 6.45) is 5.20. The van der Waals surface area contributed by atoms with Gasteiger partial charge in [0.15, 0.2) is 0 Å². The topological polar surface area (TPSA) is 62.2 Å². The van der Waals surface area contributed by atoms with Crippen molar-refractivity contribution in [3.05, 3.63) is 53.3 Å². The van der Waals surface area contributed by atoms with Gasteiger partial charge < -0.3 is 15.5 Å². The van der Waals surface area contributed by atoms with E-state index in [-0.39, 0.29) is 24.4 Å². The fourth-order valence-corrected chi connectivity index (χ4v) is 3.58. The highest BCUT2D eigenvalue weighted by Crippen LogP contribution is 2.19. The lowest BCUT2D eigenvalue weighted by Gasteiger charge is -2.25. The first-order valence-electron chi connectivity index (χ1n) is 9.87. The van der Waals surface area contributed by atoms with E-state index in [1.165, 1.54) is 11.1 Å². The van der Waals surface area contributed by atoms with Crippen molar-refractivity contribution in [2.45, 2.75) is 38.3 Å². The van der Waals surface area contributed by atoms with Crippen LogP contribution in [-0.4, -0.2) is 54.3 Å². The molecule has 154 valence electrons. The molecule has 0 saturated carbocycles. The van der Waals surface area contributed by atoms with Crippen LogP contribution in [0.1, 0.15) is 53.5 Å². The monoisotopic (exact) mass is 405 g/mol. The van der Waals surface area contributed by atoms with Crippen LogP contribution in [0.4, 0.5) is 0 Å². The summed E-state index contributed by atoms with van der Waals surface area (Å²) >= 11 is 0. The Balaban J connectivity index is 0.00000280. The second kappa shape index (κ2) is 10.6. The summed E-state index contributed by atoms with van der Waals surface area (Å²) in [7, 11) is 4.07. The van der Waals surface area contributed by atoms with E-state index in [0.717, 1.165) is 32.4 Å². The summed E-state index contributed by atoms with van der Waals surface area (Å²) in [5, 5.41) is 10.9. The molecule has 1 aliphatic rings. The number of aryl methyl sites for hydroxylation is 1. The van der Waals surface area contributed by atoms with Crippen molar-refractivity contribution in [3.63, 3.8) is 0 Å². The van der Waals surface area contributed by atoms with Gasteiger partial charge in [-0.2, -0.15) is 5.10 Å². The van der Waals surface area contributed by atoms with Crippen molar-refractivity contribution < 1.29 is 4.79 Å². The molecule has 2 heterocycles. The second-order valence-electron chi connectivity index (χ2n) is 7.47. The minimum Gasteiger partial charge on any atom is -0.349 e. The lowest BCUT2D eigenvalue weighted by Crippen LogP contribution is -2.35. The Morgan fingerprint density at radius 2 is 2.07 bits per heavy atom. The summed E-state index contributed by atoms with van der Waals surface area (Å²) in [4.78, 5) is 14.7. The number of likely N-dealkylation sites (N-methyl/N-ethyl adjacent to an activating group) is 1. The zero-order valence-electron chi connectivity index (χ0n) is 17.0. The van der Waals surface area contributed by atoms with E-state index in [0.29, 0.717) is 18.3 Å². The molecular formula is C21H32ClN5O. The molecule has 3 rings (SSSR count). The summed E-state index contributed by atoms with van der Waals surface area (Å²) in [5.41, 5.74) is 3.01. The second-order valence-corrected chi connectivity index (χ2v) is 7.47. The number of nitrogens with zero attached hydrogens (tertiary/aromatic N) is 3. The van der Waals surface area contributed by atoms with Crippen molar-refractivity contribution >= 4 is 18.3 Å². The Labute approximate surface area is 174 Å². The molecule has 1 fully saturated rings. The number of amides is 1. The largest absolute Gasteiger partial charge is 0.349 e. The normalized spacial score (nSPS) is 17.8. The molecule has 0 spiro atoms. The first kappa shape index (κ1) is 22.4. The lowest BCUT2D eigenvalue weighted by molar-refractivity contribution is 0.0935. The van der Waals surface area contributed by atoms with Gasteiger partial charge in [0.1, 0.15) is 5.69 Å². The highest BCUT2D eigenvalue weighted by Gasteiger charge is 2.19. The smallest absolute Gasteiger partial charge is 0.271 e. The number of aromatic nitrogens is 2. The first-order chi connectivity index (χ1) is 13.1. The van der Waals surface area contributed by atoms with Crippen molar-refractivity contribution in [1.29, 1.82) is 0 Å². The average Bonchev–Trinajstić information content (AvgIpc) is 3.19. The molecule has 1 aromatic heterocycles. The maximum Gasteiger partial charge on any atom is 0.271 e. The maximum atomic E-state index is 12.6. The zero-order valence-corrected chi connectivity index (χ0v) is 17.8. The van der Waals surface area contributed by atoms with Gasteiger partial charge in [-0.3, -0.25) is 9.48 Å². The number of carbonyl (C=O) groups excluding carboxylic acids is 1. The predicted octanol–water partition coefficient (Wildman–Crippen LogP) is 2.82. The Morgan fingerprint density at radius 1 is 1.32 bits per heavy atom. The van der Waals surface area contributed by atoms with Crippen LogP contribution in [0, 0.1) is 0 Å². The zero-order chi connectivity index (χ0) is 19.2. The molecule has 28 heavy (non-hydrogen) atoms. The van der Waals surface area contributed by atoms with Crippen LogP contribution < -0.4 is 10.6 Å². The molecule has 1 amide bonds. The van der Waals surface area contributed by atoms with Gasteiger partial charge in [0.2, 0.25) is 0 Å². The first-order valence-corrected chi connectivity index (χ1v) is 9.87. The van der Waals surface area contributed by atoms with E-state index in [1.807, 2.05) is 31.0 Å². The molecule has 0 bridgehead atoms. The van der Waals surface area contributed by atoms with E-state index in [9.17, 15) is 4.79 Å². The van der Waals surface area contributed by atoms with Crippen LogP contribution >= 0.6 is 12.4 Å². The maximum absolute atomic E-state index is 12.6. The van der Waals surface area contributed by atoms with Gasteiger partial charge >= 0.3 is 0 Å². The molecule has 1 saturated heterocycles. The quantitative estimate of drug-likeness (QED) is 0.743. The van der Waals surface area contributed by atoms with E-state index >= 15 is 0 Å². The third-order valence-corrected chi connectivity index (χ3v) is 5.34. The molecule has 2 unspecified atom stereocenters. The Morgan fingerprint density at radius 3 is 2.68 bits per heavy atom. The number of benzene rings is 1. The number of piperidine rings is 1. The highest BCUT2D eigenvalue weighted by atomic mass is 35.5.